The van der Waals surface area contributed by atoms with Crippen molar-refractivity contribution in [2.75, 3.05) is 7.11 Å². The summed E-state index contributed by atoms with van der Waals surface area (Å²) in [5, 5.41) is 0.628. The fourth-order valence-corrected chi connectivity index (χ4v) is 3.59. The van der Waals surface area contributed by atoms with Crippen molar-refractivity contribution in [3.8, 4) is 11.5 Å². The third-order valence-corrected chi connectivity index (χ3v) is 5.30. The van der Waals surface area contributed by atoms with Crippen LogP contribution in [0.4, 0.5) is 0 Å². The van der Waals surface area contributed by atoms with Gasteiger partial charge in [-0.15, -0.1) is 0 Å². The van der Waals surface area contributed by atoms with Crippen LogP contribution >= 0.6 is 46.0 Å². The summed E-state index contributed by atoms with van der Waals surface area (Å²) in [6, 6.07) is 11.5. The minimum atomic E-state index is -0.360. The summed E-state index contributed by atoms with van der Waals surface area (Å²) in [6.07, 6.45) is 1.67. The van der Waals surface area contributed by atoms with E-state index in [1.54, 1.807) is 18.2 Å². The smallest absolute Gasteiger partial charge is 0.286 e. The Hall–Kier alpha value is -1.71. The van der Waals surface area contributed by atoms with E-state index in [9.17, 15) is 4.79 Å². The second kappa shape index (κ2) is 8.32. The average Bonchev–Trinajstić information content (AvgIpc) is 2.92. The number of carbonyl (C=O) groups excluding carboxylic acids is 1. The molecule has 0 aliphatic carbocycles. The summed E-state index contributed by atoms with van der Waals surface area (Å²) in [7, 11) is 1.54. The van der Waals surface area contributed by atoms with Gasteiger partial charge in [0.15, 0.2) is 16.7 Å². The first-order valence-corrected chi connectivity index (χ1v) is 9.76. The number of aliphatic imine (C=N–C) groups is 1. The van der Waals surface area contributed by atoms with E-state index < -0.39 is 0 Å². The SMILES string of the molecule is COc1cc(C=C2SC(N)=NC2=O)cc(Cl)c1OCc1ccc(I)cc1. The van der Waals surface area contributed by atoms with Crippen molar-refractivity contribution >= 4 is 63.1 Å². The van der Waals surface area contributed by atoms with Crippen LogP contribution in [0.1, 0.15) is 11.1 Å². The van der Waals surface area contributed by atoms with E-state index in [4.69, 9.17) is 26.8 Å². The fraction of sp³-hybridized carbons (Fsp3) is 0.111. The lowest BCUT2D eigenvalue weighted by molar-refractivity contribution is -0.113. The molecular formula is C18H14ClIN2O3S. The molecule has 0 radical (unpaired) electrons. The molecule has 8 heteroatoms. The highest BCUT2D eigenvalue weighted by Gasteiger charge is 2.20. The number of halogens is 2. The monoisotopic (exact) mass is 500 g/mol. The Morgan fingerprint density at radius 3 is 2.65 bits per heavy atom. The van der Waals surface area contributed by atoms with Gasteiger partial charge in [0, 0.05) is 3.57 Å². The van der Waals surface area contributed by atoms with Crippen molar-refractivity contribution in [1.29, 1.82) is 0 Å². The predicted octanol–water partition coefficient (Wildman–Crippen LogP) is 4.46. The Morgan fingerprint density at radius 1 is 1.31 bits per heavy atom. The minimum absolute atomic E-state index is 0.233. The molecule has 5 nitrogen and oxygen atoms in total. The summed E-state index contributed by atoms with van der Waals surface area (Å²) < 4.78 is 12.4. The lowest BCUT2D eigenvalue weighted by Crippen LogP contribution is -2.01. The molecule has 1 aliphatic heterocycles. The van der Waals surface area contributed by atoms with Gasteiger partial charge in [-0.2, -0.15) is 4.99 Å². The van der Waals surface area contributed by atoms with Crippen molar-refractivity contribution in [1.82, 2.24) is 0 Å². The Bertz CT molecular complexity index is 913. The number of amidine groups is 1. The van der Waals surface area contributed by atoms with Crippen LogP contribution in [0.15, 0.2) is 46.3 Å². The van der Waals surface area contributed by atoms with Crippen molar-refractivity contribution in [2.24, 2.45) is 10.7 Å². The highest BCUT2D eigenvalue weighted by atomic mass is 127. The molecule has 0 aromatic heterocycles. The maximum absolute atomic E-state index is 11.7. The maximum Gasteiger partial charge on any atom is 0.286 e. The molecule has 1 amide bonds. The number of benzene rings is 2. The minimum Gasteiger partial charge on any atom is -0.493 e. The fourth-order valence-electron chi connectivity index (χ4n) is 2.28. The van der Waals surface area contributed by atoms with Gasteiger partial charge in [-0.1, -0.05) is 23.7 Å². The van der Waals surface area contributed by atoms with Gasteiger partial charge in [0.25, 0.3) is 5.91 Å². The number of ether oxygens (including phenoxy) is 2. The number of amides is 1. The number of rotatable bonds is 5. The summed E-state index contributed by atoms with van der Waals surface area (Å²) >= 11 is 9.75. The van der Waals surface area contributed by atoms with Crippen LogP contribution in [-0.4, -0.2) is 18.2 Å². The molecule has 0 atom stereocenters. The van der Waals surface area contributed by atoms with E-state index in [0.717, 1.165) is 20.9 Å². The predicted molar refractivity (Wildman–Crippen MR) is 114 cm³/mol. The number of nitrogens with zero attached hydrogens (tertiary/aromatic N) is 1. The lowest BCUT2D eigenvalue weighted by atomic mass is 10.1. The number of carbonyl (C=O) groups is 1. The van der Waals surface area contributed by atoms with Gasteiger partial charge < -0.3 is 15.2 Å². The first-order chi connectivity index (χ1) is 12.5. The molecular weight excluding hydrogens is 487 g/mol. The maximum atomic E-state index is 11.7. The van der Waals surface area contributed by atoms with E-state index in [1.807, 2.05) is 24.3 Å². The molecule has 0 bridgehead atoms. The normalized spacial score (nSPS) is 15.3. The molecule has 2 aromatic carbocycles. The molecule has 1 heterocycles. The van der Waals surface area contributed by atoms with E-state index >= 15 is 0 Å². The Balaban J connectivity index is 1.82. The number of nitrogens with two attached hydrogens (primary N) is 1. The lowest BCUT2D eigenvalue weighted by Gasteiger charge is -2.13. The molecule has 26 heavy (non-hydrogen) atoms. The highest BCUT2D eigenvalue weighted by molar-refractivity contribution is 14.1. The summed E-state index contributed by atoms with van der Waals surface area (Å²) in [5.41, 5.74) is 7.29. The summed E-state index contributed by atoms with van der Waals surface area (Å²) in [6.45, 7) is 0.367. The van der Waals surface area contributed by atoms with Crippen molar-refractivity contribution in [3.63, 3.8) is 0 Å². The van der Waals surface area contributed by atoms with Crippen LogP contribution in [0, 0.1) is 3.57 Å². The molecule has 0 spiro atoms. The van der Waals surface area contributed by atoms with Crippen molar-refractivity contribution < 1.29 is 14.3 Å². The number of hydrogen-bond donors (Lipinski definition) is 1. The van der Waals surface area contributed by atoms with Crippen molar-refractivity contribution in [3.05, 3.63) is 61.0 Å². The van der Waals surface area contributed by atoms with Gasteiger partial charge in [-0.25, -0.2) is 0 Å². The van der Waals surface area contributed by atoms with Gasteiger partial charge in [0.2, 0.25) is 0 Å². The van der Waals surface area contributed by atoms with Gasteiger partial charge in [0.1, 0.15) is 6.61 Å². The molecule has 0 unspecified atom stereocenters. The van der Waals surface area contributed by atoms with E-state index in [2.05, 4.69) is 27.6 Å². The second-order valence-corrected chi connectivity index (χ2v) is 8.03. The summed E-state index contributed by atoms with van der Waals surface area (Å²) in [4.78, 5) is 15.8. The van der Waals surface area contributed by atoms with Crippen LogP contribution in [0.25, 0.3) is 6.08 Å². The zero-order valence-corrected chi connectivity index (χ0v) is 17.4. The Labute approximate surface area is 173 Å². The second-order valence-electron chi connectivity index (χ2n) is 5.32. The van der Waals surface area contributed by atoms with Gasteiger partial charge in [0.05, 0.1) is 17.0 Å². The number of hydrogen-bond acceptors (Lipinski definition) is 5. The third kappa shape index (κ3) is 4.52. The molecule has 0 fully saturated rings. The largest absolute Gasteiger partial charge is 0.493 e. The summed E-state index contributed by atoms with van der Waals surface area (Å²) in [5.74, 6) is 0.580. The number of thioether (sulfide) groups is 1. The van der Waals surface area contributed by atoms with E-state index in [1.165, 1.54) is 7.11 Å². The zero-order valence-electron chi connectivity index (χ0n) is 13.7. The highest BCUT2D eigenvalue weighted by Crippen LogP contribution is 2.38. The standard InChI is InChI=1S/C18H14ClIN2O3S/c1-24-14-7-11(8-15-17(23)22-18(21)26-15)6-13(19)16(14)25-9-10-2-4-12(20)5-3-10/h2-8H,9H2,1H3,(H2,21,22,23). The van der Waals surface area contributed by atoms with E-state index in [-0.39, 0.29) is 11.1 Å². The average molecular weight is 501 g/mol. The first-order valence-electron chi connectivity index (χ1n) is 7.49. The van der Waals surface area contributed by atoms with Crippen LogP contribution in [-0.2, 0) is 11.4 Å². The van der Waals surface area contributed by atoms with Crippen molar-refractivity contribution in [2.45, 2.75) is 6.61 Å². The van der Waals surface area contributed by atoms with Crippen LogP contribution in [0.2, 0.25) is 5.02 Å². The topological polar surface area (TPSA) is 73.9 Å². The molecule has 2 N–H and O–H groups in total. The van der Waals surface area contributed by atoms with Gasteiger partial charge in [-0.05, 0) is 75.8 Å². The van der Waals surface area contributed by atoms with Gasteiger partial charge >= 0.3 is 0 Å². The quantitative estimate of drug-likeness (QED) is 0.485. The van der Waals surface area contributed by atoms with Crippen LogP contribution in [0.5, 0.6) is 11.5 Å². The Kier molecular flexibility index (Phi) is 6.10. The Morgan fingerprint density at radius 2 is 2.04 bits per heavy atom. The first kappa shape index (κ1) is 19.1. The van der Waals surface area contributed by atoms with E-state index in [0.29, 0.717) is 33.6 Å². The molecule has 0 saturated heterocycles. The third-order valence-electron chi connectivity index (χ3n) is 3.48. The molecule has 134 valence electrons. The molecule has 3 rings (SSSR count). The van der Waals surface area contributed by atoms with Crippen LogP contribution in [0.3, 0.4) is 0 Å². The molecule has 1 aliphatic rings. The number of methoxy groups -OCH3 is 1. The zero-order chi connectivity index (χ0) is 18.7. The van der Waals surface area contributed by atoms with Gasteiger partial charge in [-0.3, -0.25) is 4.79 Å². The molecule has 2 aromatic rings. The van der Waals surface area contributed by atoms with Crippen LogP contribution < -0.4 is 15.2 Å². The molecule has 0 saturated carbocycles.